The largest absolute Gasteiger partial charge is 0.309 e. The first-order valence-corrected chi connectivity index (χ1v) is 43.3. The summed E-state index contributed by atoms with van der Waals surface area (Å²) >= 11 is 7.52. The second-order valence-corrected chi connectivity index (χ2v) is 36.2. The van der Waals surface area contributed by atoms with E-state index in [2.05, 4.69) is 400 Å². The number of hydrogen-bond acceptors (Lipinski definition) is 6. The van der Waals surface area contributed by atoms with Gasteiger partial charge in [0.1, 0.15) is 0 Å². The van der Waals surface area contributed by atoms with Gasteiger partial charge in [-0.15, -0.1) is 22.7 Å². The van der Waals surface area contributed by atoms with E-state index < -0.39 is 0 Å². The van der Waals surface area contributed by atoms with Crippen molar-refractivity contribution in [1.82, 2.24) is 24.5 Å². The van der Waals surface area contributed by atoms with Crippen molar-refractivity contribution in [2.45, 2.75) is 44.9 Å². The first-order valence-electron chi connectivity index (χ1n) is 40.9. The fourth-order valence-electron chi connectivity index (χ4n) is 19.8. The van der Waals surface area contributed by atoms with E-state index in [9.17, 15) is 0 Å². The highest BCUT2D eigenvalue weighted by Crippen LogP contribution is 2.54. The van der Waals surface area contributed by atoms with Crippen molar-refractivity contribution in [3.05, 3.63) is 390 Å². The number of aromatic nitrogens is 5. The number of nitrogens with zero attached hydrogens (tertiary/aromatic N) is 5. The van der Waals surface area contributed by atoms with Crippen LogP contribution in [-0.2, 0) is 17.3 Å². The lowest BCUT2D eigenvalue weighted by atomic mass is 9.85. The molecule has 0 atom stereocenters. The highest BCUT2D eigenvalue weighted by molar-refractivity contribution is 9.10. The molecule has 0 fully saturated rings. The Hall–Kier alpha value is -13.6. The number of halogens is 1. The molecule has 18 aromatic carbocycles. The van der Waals surface area contributed by atoms with Crippen molar-refractivity contribution in [2.75, 3.05) is 0 Å². The van der Waals surface area contributed by atoms with Crippen LogP contribution in [0.5, 0.6) is 0 Å². The van der Waals surface area contributed by atoms with Gasteiger partial charge < -0.3 is 4.57 Å². The third kappa shape index (κ3) is 10.9. The van der Waals surface area contributed by atoms with E-state index in [4.69, 9.17) is 19.9 Å². The minimum absolute atomic E-state index is 0.224. The van der Waals surface area contributed by atoms with Crippen molar-refractivity contribution < 1.29 is 0 Å². The monoisotopic (exact) mass is 1620 g/mol. The third-order valence-corrected chi connectivity index (χ3v) is 28.5. The first kappa shape index (κ1) is 69.7. The lowest BCUT2D eigenvalue weighted by molar-refractivity contribution is 0.636. The molecule has 560 valence electrons. The Kier molecular flexibility index (Phi) is 15.6. The molecule has 0 saturated heterocycles. The van der Waals surface area contributed by atoms with E-state index in [1.807, 2.05) is 22.7 Å². The normalized spacial score (nSPS) is 13.4. The minimum atomic E-state index is -0.295. The molecule has 5 aromatic heterocycles. The van der Waals surface area contributed by atoms with Crippen LogP contribution >= 0.6 is 38.6 Å². The quantitative estimate of drug-likeness (QED) is 0.172. The Morgan fingerprint density at radius 1 is 0.277 bits per heavy atom. The topological polar surface area (TPSA) is 56.5 Å². The van der Waals surface area contributed by atoms with Crippen molar-refractivity contribution in [1.29, 1.82) is 0 Å². The highest BCUT2D eigenvalue weighted by Gasteiger charge is 2.41. The van der Waals surface area contributed by atoms with Gasteiger partial charge in [0.15, 0.2) is 0 Å². The molecule has 0 radical (unpaired) electrons. The van der Waals surface area contributed by atoms with Crippen LogP contribution in [0.2, 0.25) is 0 Å². The summed E-state index contributed by atoms with van der Waals surface area (Å²) in [6, 6.07) is 128. The average molecular weight is 1620 g/mol. The fraction of sp³-hybridized carbons (Fsp3) is 0.0631. The van der Waals surface area contributed by atoms with Crippen LogP contribution in [0.3, 0.4) is 0 Å². The van der Waals surface area contributed by atoms with E-state index in [0.29, 0.717) is 0 Å². The van der Waals surface area contributed by atoms with Gasteiger partial charge in [-0.1, -0.05) is 323 Å². The number of benzene rings is 18. The van der Waals surface area contributed by atoms with Gasteiger partial charge >= 0.3 is 0 Å². The van der Waals surface area contributed by atoms with Gasteiger partial charge in [-0.3, -0.25) is 0 Å². The van der Waals surface area contributed by atoms with E-state index in [0.717, 1.165) is 95.3 Å². The maximum atomic E-state index is 5.73. The zero-order valence-corrected chi connectivity index (χ0v) is 68.8. The SMILES string of the molecule is CC1(C)c2ccccc2-c2nc(-c3cc(-n4c5cc6ccccc6cc5c5c6ccccc6ccc54)c4ccccc4c3)c(-c3ccc4c(c3)sc3ccccc34)nc21.CC1(C)c2ccccc2-c2nc(-c3cc(Br)c4ccccc4c3)c(-c3ccc4c(c3)sc3ccccc34)nc21.c1ccc2cc3c(cc2c1)Cc1ccc2ccccc2c1-3. The highest BCUT2D eigenvalue weighted by atomic mass is 79.9. The van der Waals surface area contributed by atoms with Gasteiger partial charge in [0, 0.05) is 105 Å². The van der Waals surface area contributed by atoms with Gasteiger partial charge in [0.2, 0.25) is 0 Å². The Morgan fingerprint density at radius 3 is 1.31 bits per heavy atom. The van der Waals surface area contributed by atoms with Crippen LogP contribution < -0.4 is 0 Å². The molecule has 26 rings (SSSR count). The van der Waals surface area contributed by atoms with Gasteiger partial charge in [0.05, 0.1) is 62.3 Å². The first-order chi connectivity index (χ1) is 58.4. The summed E-state index contributed by atoms with van der Waals surface area (Å²) in [5.74, 6) is 0. The molecule has 0 aliphatic heterocycles. The van der Waals surface area contributed by atoms with Gasteiger partial charge in [-0.2, -0.15) is 0 Å². The molecule has 0 spiro atoms. The minimum Gasteiger partial charge on any atom is -0.309 e. The molecule has 0 saturated carbocycles. The summed E-state index contributed by atoms with van der Waals surface area (Å²) in [6.07, 6.45) is 1.06. The van der Waals surface area contributed by atoms with Crippen LogP contribution in [0.4, 0.5) is 0 Å². The molecule has 0 bridgehead atoms. The molecule has 0 unspecified atom stereocenters. The molecule has 23 aromatic rings. The summed E-state index contributed by atoms with van der Waals surface area (Å²) < 4.78 is 8.68. The molecule has 119 heavy (non-hydrogen) atoms. The maximum absolute atomic E-state index is 5.73. The van der Waals surface area contributed by atoms with Crippen molar-refractivity contribution in [3.63, 3.8) is 0 Å². The van der Waals surface area contributed by atoms with Crippen molar-refractivity contribution >= 4 is 165 Å². The van der Waals surface area contributed by atoms with E-state index in [-0.39, 0.29) is 10.8 Å². The number of fused-ring (bicyclic) bond motifs is 26. The Bertz CT molecular complexity index is 8320. The van der Waals surface area contributed by atoms with Crippen molar-refractivity contribution in [2.24, 2.45) is 0 Å². The smallest absolute Gasteiger partial charge is 0.0974 e. The van der Waals surface area contributed by atoms with Crippen LogP contribution in [0.25, 0.3) is 211 Å². The summed E-state index contributed by atoms with van der Waals surface area (Å²) in [5, 5.41) is 22.7. The Labute approximate surface area is 703 Å². The van der Waals surface area contributed by atoms with E-state index >= 15 is 0 Å². The average Bonchev–Trinajstić information content (AvgIpc) is 1.57. The van der Waals surface area contributed by atoms with E-state index in [1.165, 1.54) is 160 Å². The standard InChI is InChI=1S/C55H35N3S.C35H23BrN2S.C21H14/c1-55(2)44-21-11-9-20-42(44)53-54(55)57-51(36-23-25-41-40-19-10-12-22-48(40)59-49(41)31-36)52(56-53)37-27-35-16-6-7-17-38(35)46(30-37)58-45-26-24-32-13-5-8-18-39(32)50(45)43-28-33-14-3-4-15-34(33)29-47(43)58;1-35(2)27-13-7-5-12-26(27)33-34(35)38-31(21-15-16-25-24-11-6-8-14-29(24)39-30(25)19-21)32(37-33)22-17-20-9-3-4-10-23(20)28(36)18-22;1-2-7-16-13-20-18(11-15(16)6-1)12-17-10-9-14-5-3-4-8-19(14)21(17)20/h3-31H,1-2H3;3-19H,1-2H3;1-11,13H,12H2. The van der Waals surface area contributed by atoms with Gasteiger partial charge in [-0.25, -0.2) is 19.9 Å². The molecule has 5 nitrogen and oxygen atoms in total. The summed E-state index contributed by atoms with van der Waals surface area (Å²) in [4.78, 5) is 22.3. The molecule has 8 heteroatoms. The van der Waals surface area contributed by atoms with E-state index in [1.54, 1.807) is 0 Å². The maximum Gasteiger partial charge on any atom is 0.0974 e. The molecule has 0 N–H and O–H groups in total. The van der Waals surface area contributed by atoms with Gasteiger partial charge in [-0.05, 0) is 172 Å². The predicted octanol–water partition coefficient (Wildman–Crippen LogP) is 31.0. The number of thiophene rings is 2. The second kappa shape index (κ2) is 26.7. The van der Waals surface area contributed by atoms with Crippen LogP contribution in [0.1, 0.15) is 61.3 Å². The lowest BCUT2D eigenvalue weighted by Gasteiger charge is -2.21. The summed E-state index contributed by atoms with van der Waals surface area (Å²) in [7, 11) is 0. The summed E-state index contributed by atoms with van der Waals surface area (Å²) in [5.41, 5.74) is 25.6. The molecular formula is C111H72BrN5S2. The molecular weight excluding hydrogens is 1550 g/mol. The lowest BCUT2D eigenvalue weighted by Crippen LogP contribution is -2.17. The molecule has 5 heterocycles. The third-order valence-electron chi connectivity index (χ3n) is 25.6. The van der Waals surface area contributed by atoms with Crippen molar-refractivity contribution in [3.8, 4) is 84.4 Å². The van der Waals surface area contributed by atoms with Crippen LogP contribution in [0.15, 0.2) is 356 Å². The zero-order valence-electron chi connectivity index (χ0n) is 65.6. The molecule has 3 aliphatic rings. The van der Waals surface area contributed by atoms with Crippen LogP contribution in [-0.4, -0.2) is 24.5 Å². The Morgan fingerprint density at radius 2 is 0.714 bits per heavy atom. The number of hydrogen-bond donors (Lipinski definition) is 0. The van der Waals surface area contributed by atoms with Crippen LogP contribution in [0, 0.1) is 0 Å². The fourth-order valence-corrected chi connectivity index (χ4v) is 22.7. The summed E-state index contributed by atoms with van der Waals surface area (Å²) in [6.45, 7) is 9.10. The molecule has 3 aliphatic carbocycles. The molecule has 0 amide bonds. The zero-order chi connectivity index (χ0) is 79.1. The second-order valence-electron chi connectivity index (χ2n) is 33.2. The van der Waals surface area contributed by atoms with Gasteiger partial charge in [0.25, 0.3) is 0 Å². The number of rotatable bonds is 5. The predicted molar refractivity (Wildman–Crippen MR) is 508 cm³/mol. The Balaban J connectivity index is 0.000000114.